The topological polar surface area (TPSA) is 66.4 Å². The van der Waals surface area contributed by atoms with Crippen molar-refractivity contribution in [3.8, 4) is 0 Å². The van der Waals surface area contributed by atoms with Gasteiger partial charge in [0.15, 0.2) is 0 Å². The molecule has 0 aliphatic carbocycles. The lowest BCUT2D eigenvalue weighted by Crippen LogP contribution is -2.29. The van der Waals surface area contributed by atoms with E-state index in [1.54, 1.807) is 13.8 Å². The van der Waals surface area contributed by atoms with Crippen LogP contribution < -0.4 is 5.32 Å². The van der Waals surface area contributed by atoms with Gasteiger partial charge in [0, 0.05) is 13.0 Å². The zero-order chi connectivity index (χ0) is 15.3. The second kappa shape index (κ2) is 6.70. The summed E-state index contributed by atoms with van der Waals surface area (Å²) in [6, 6.07) is 4.21. The van der Waals surface area contributed by atoms with Crippen LogP contribution in [-0.2, 0) is 16.1 Å². The summed E-state index contributed by atoms with van der Waals surface area (Å²) < 4.78 is 13.0. The molecule has 0 saturated carbocycles. The minimum atomic E-state index is -0.937. The van der Waals surface area contributed by atoms with Gasteiger partial charge in [0.25, 0.3) is 0 Å². The zero-order valence-electron chi connectivity index (χ0n) is 11.4. The van der Waals surface area contributed by atoms with Crippen molar-refractivity contribution in [2.75, 3.05) is 0 Å². The van der Waals surface area contributed by atoms with Crippen LogP contribution in [0.4, 0.5) is 4.39 Å². The Hall–Kier alpha value is -1.62. The Kier molecular flexibility index (Phi) is 5.51. The van der Waals surface area contributed by atoms with Crippen molar-refractivity contribution in [2.45, 2.75) is 33.2 Å². The van der Waals surface area contributed by atoms with Crippen molar-refractivity contribution >= 4 is 23.5 Å². The van der Waals surface area contributed by atoms with Gasteiger partial charge in [-0.25, -0.2) is 4.39 Å². The normalized spacial score (nSPS) is 11.2. The molecule has 0 radical (unpaired) electrons. The Labute approximate surface area is 121 Å². The van der Waals surface area contributed by atoms with E-state index in [2.05, 4.69) is 5.32 Å². The van der Waals surface area contributed by atoms with Crippen molar-refractivity contribution in [2.24, 2.45) is 5.41 Å². The van der Waals surface area contributed by atoms with E-state index in [1.807, 2.05) is 0 Å². The van der Waals surface area contributed by atoms with Crippen LogP contribution in [0.3, 0.4) is 0 Å². The first kappa shape index (κ1) is 16.4. The molecule has 0 aromatic heterocycles. The number of halogens is 2. The highest BCUT2D eigenvalue weighted by Gasteiger charge is 2.25. The minimum absolute atomic E-state index is 0.00274. The standard InChI is InChI=1S/C14H17ClFNO3/c1-14(2,7-13(19)20)6-12(18)17-8-9-3-4-11(16)10(15)5-9/h3-5H,6-8H2,1-2H3,(H,17,18)(H,19,20). The first-order valence-corrected chi connectivity index (χ1v) is 6.50. The molecule has 1 amide bonds. The zero-order valence-corrected chi connectivity index (χ0v) is 12.1. The number of carbonyl (C=O) groups is 2. The van der Waals surface area contributed by atoms with Crippen LogP contribution in [0, 0.1) is 11.2 Å². The molecule has 0 atom stereocenters. The Balaban J connectivity index is 2.51. The average Bonchev–Trinajstić information content (AvgIpc) is 2.28. The number of carbonyl (C=O) groups excluding carboxylic acids is 1. The number of nitrogens with one attached hydrogen (secondary N) is 1. The highest BCUT2D eigenvalue weighted by Crippen LogP contribution is 2.24. The fraction of sp³-hybridized carbons (Fsp3) is 0.429. The van der Waals surface area contributed by atoms with Crippen LogP contribution in [0.5, 0.6) is 0 Å². The van der Waals surface area contributed by atoms with E-state index in [0.29, 0.717) is 5.56 Å². The predicted octanol–water partition coefficient (Wildman–Crippen LogP) is 2.99. The highest BCUT2D eigenvalue weighted by atomic mass is 35.5. The lowest BCUT2D eigenvalue weighted by atomic mass is 9.85. The van der Waals surface area contributed by atoms with Gasteiger partial charge in [-0.05, 0) is 23.1 Å². The molecule has 1 aromatic rings. The van der Waals surface area contributed by atoms with Gasteiger partial charge >= 0.3 is 5.97 Å². The lowest BCUT2D eigenvalue weighted by molar-refractivity contribution is -0.139. The maximum absolute atomic E-state index is 13.0. The number of amides is 1. The molecule has 110 valence electrons. The van der Waals surface area contributed by atoms with Crippen LogP contribution in [-0.4, -0.2) is 17.0 Å². The van der Waals surface area contributed by atoms with Crippen LogP contribution in [0.15, 0.2) is 18.2 Å². The van der Waals surface area contributed by atoms with E-state index >= 15 is 0 Å². The second-order valence-corrected chi connectivity index (χ2v) is 5.84. The molecule has 0 bridgehead atoms. The largest absolute Gasteiger partial charge is 0.481 e. The molecule has 6 heteroatoms. The quantitative estimate of drug-likeness (QED) is 0.849. The summed E-state index contributed by atoms with van der Waals surface area (Å²) in [7, 11) is 0. The molecule has 20 heavy (non-hydrogen) atoms. The number of carboxylic acids is 1. The van der Waals surface area contributed by atoms with Crippen molar-refractivity contribution in [1.29, 1.82) is 0 Å². The van der Waals surface area contributed by atoms with Crippen LogP contribution in [0.25, 0.3) is 0 Å². The Morgan fingerprint density at radius 3 is 2.55 bits per heavy atom. The monoisotopic (exact) mass is 301 g/mol. The molecule has 4 nitrogen and oxygen atoms in total. The van der Waals surface area contributed by atoms with E-state index in [9.17, 15) is 14.0 Å². The fourth-order valence-corrected chi connectivity index (χ4v) is 2.02. The molecule has 1 rings (SSSR count). The summed E-state index contributed by atoms with van der Waals surface area (Å²) in [4.78, 5) is 22.4. The molecular weight excluding hydrogens is 285 g/mol. The van der Waals surface area contributed by atoms with Gasteiger partial charge in [0.2, 0.25) is 5.91 Å². The number of benzene rings is 1. The first-order valence-electron chi connectivity index (χ1n) is 6.12. The smallest absolute Gasteiger partial charge is 0.303 e. The van der Waals surface area contributed by atoms with E-state index < -0.39 is 17.2 Å². The predicted molar refractivity (Wildman–Crippen MR) is 73.9 cm³/mol. The Bertz CT molecular complexity index is 517. The number of carboxylic acid groups (broad SMARTS) is 1. The minimum Gasteiger partial charge on any atom is -0.481 e. The molecule has 0 saturated heterocycles. The van der Waals surface area contributed by atoms with E-state index in [4.69, 9.17) is 16.7 Å². The molecule has 2 N–H and O–H groups in total. The van der Waals surface area contributed by atoms with Gasteiger partial charge in [0.1, 0.15) is 5.82 Å². The van der Waals surface area contributed by atoms with E-state index in [1.165, 1.54) is 18.2 Å². The third-order valence-electron chi connectivity index (χ3n) is 2.74. The molecule has 0 heterocycles. The van der Waals surface area contributed by atoms with Crippen molar-refractivity contribution in [3.05, 3.63) is 34.6 Å². The third-order valence-corrected chi connectivity index (χ3v) is 3.03. The lowest BCUT2D eigenvalue weighted by Gasteiger charge is -2.21. The van der Waals surface area contributed by atoms with E-state index in [0.717, 1.165) is 0 Å². The van der Waals surface area contributed by atoms with Crippen LogP contribution in [0.1, 0.15) is 32.3 Å². The highest BCUT2D eigenvalue weighted by molar-refractivity contribution is 6.30. The van der Waals surface area contributed by atoms with Gasteiger partial charge in [-0.2, -0.15) is 0 Å². The van der Waals surface area contributed by atoms with Gasteiger partial charge in [-0.3, -0.25) is 9.59 Å². The molecular formula is C14H17ClFNO3. The van der Waals surface area contributed by atoms with Crippen molar-refractivity contribution in [1.82, 2.24) is 5.32 Å². The Morgan fingerprint density at radius 2 is 2.00 bits per heavy atom. The van der Waals surface area contributed by atoms with Gasteiger partial charge < -0.3 is 10.4 Å². The number of aliphatic carboxylic acids is 1. The van der Waals surface area contributed by atoms with Gasteiger partial charge in [-0.15, -0.1) is 0 Å². The van der Waals surface area contributed by atoms with Crippen molar-refractivity contribution in [3.63, 3.8) is 0 Å². The molecule has 0 fully saturated rings. The van der Waals surface area contributed by atoms with Crippen molar-refractivity contribution < 1.29 is 19.1 Å². The molecule has 0 aliphatic heterocycles. The summed E-state index contributed by atoms with van der Waals surface area (Å²) in [5.41, 5.74) is 0.0666. The van der Waals surface area contributed by atoms with Crippen LogP contribution >= 0.6 is 11.6 Å². The van der Waals surface area contributed by atoms with Gasteiger partial charge in [0.05, 0.1) is 11.4 Å². The molecule has 0 aliphatic rings. The summed E-state index contributed by atoms with van der Waals surface area (Å²) in [6.45, 7) is 3.66. The maximum atomic E-state index is 13.0. The Morgan fingerprint density at radius 1 is 1.35 bits per heavy atom. The van der Waals surface area contributed by atoms with E-state index in [-0.39, 0.29) is 30.3 Å². The number of rotatable bonds is 6. The summed E-state index contributed by atoms with van der Waals surface area (Å²) in [5.74, 6) is -1.70. The average molecular weight is 302 g/mol. The SMILES string of the molecule is CC(C)(CC(=O)O)CC(=O)NCc1ccc(F)c(Cl)c1. The second-order valence-electron chi connectivity index (χ2n) is 5.44. The summed E-state index contributed by atoms with van der Waals surface area (Å²) in [5, 5.41) is 11.4. The number of hydrogen-bond acceptors (Lipinski definition) is 2. The maximum Gasteiger partial charge on any atom is 0.303 e. The third kappa shape index (κ3) is 5.57. The summed E-state index contributed by atoms with van der Waals surface area (Å²) in [6.07, 6.45) is 0.0248. The first-order chi connectivity index (χ1) is 9.19. The van der Waals surface area contributed by atoms with Gasteiger partial charge in [-0.1, -0.05) is 31.5 Å². The molecule has 0 spiro atoms. The molecule has 1 aromatic carbocycles. The summed E-state index contributed by atoms with van der Waals surface area (Å²) >= 11 is 5.64. The van der Waals surface area contributed by atoms with Crippen LogP contribution in [0.2, 0.25) is 5.02 Å². The fourth-order valence-electron chi connectivity index (χ4n) is 1.82. The number of hydrogen-bond donors (Lipinski definition) is 2. The molecule has 0 unspecified atom stereocenters.